The summed E-state index contributed by atoms with van der Waals surface area (Å²) in [7, 11) is 1.59. The number of ether oxygens (including phenoxy) is 2. The normalized spacial score (nSPS) is 40.5. The third-order valence-electron chi connectivity index (χ3n) is 2.05. The molecule has 1 rings (SSSR count). The maximum atomic E-state index is 9.71. The Morgan fingerprint density at radius 2 is 2.50 bits per heavy atom. The number of hydrogen-bond acceptors (Lipinski definition) is 3. The highest BCUT2D eigenvalue weighted by molar-refractivity contribution is 4.89. The Bertz CT molecular complexity index is 115. The van der Waals surface area contributed by atoms with Gasteiger partial charge in [0, 0.05) is 13.5 Å². The summed E-state index contributed by atoms with van der Waals surface area (Å²) in [6, 6.07) is 0. The fourth-order valence-electron chi connectivity index (χ4n) is 1.21. The van der Waals surface area contributed by atoms with Crippen molar-refractivity contribution in [1.29, 1.82) is 0 Å². The van der Waals surface area contributed by atoms with Crippen LogP contribution < -0.4 is 0 Å². The van der Waals surface area contributed by atoms with Crippen molar-refractivity contribution >= 4 is 0 Å². The van der Waals surface area contributed by atoms with Crippen LogP contribution >= 0.6 is 0 Å². The molecule has 1 fully saturated rings. The van der Waals surface area contributed by atoms with Crippen LogP contribution in [-0.2, 0) is 9.47 Å². The van der Waals surface area contributed by atoms with E-state index in [1.807, 2.05) is 6.92 Å². The molecule has 1 heterocycles. The lowest BCUT2D eigenvalue weighted by Gasteiger charge is -2.24. The SMILES string of the molecule is COCC1(O)CCOC1C. The van der Waals surface area contributed by atoms with Crippen LogP contribution in [0.2, 0.25) is 0 Å². The van der Waals surface area contributed by atoms with E-state index in [-0.39, 0.29) is 6.10 Å². The number of rotatable bonds is 2. The van der Waals surface area contributed by atoms with Gasteiger partial charge in [0.05, 0.1) is 19.3 Å². The molecule has 2 atom stereocenters. The van der Waals surface area contributed by atoms with Crippen LogP contribution in [0.25, 0.3) is 0 Å². The van der Waals surface area contributed by atoms with E-state index in [9.17, 15) is 5.11 Å². The third-order valence-corrected chi connectivity index (χ3v) is 2.05. The predicted molar refractivity (Wildman–Crippen MR) is 36.9 cm³/mol. The van der Waals surface area contributed by atoms with Gasteiger partial charge in [-0.15, -0.1) is 0 Å². The summed E-state index contributed by atoms with van der Waals surface area (Å²) in [6.45, 7) is 2.88. The van der Waals surface area contributed by atoms with Crippen LogP contribution in [0.3, 0.4) is 0 Å². The lowest BCUT2D eigenvalue weighted by Crippen LogP contribution is -2.40. The molecule has 2 unspecified atom stereocenters. The van der Waals surface area contributed by atoms with Crippen LogP contribution in [-0.4, -0.2) is 37.1 Å². The molecule has 0 bridgehead atoms. The molecule has 3 nitrogen and oxygen atoms in total. The van der Waals surface area contributed by atoms with Gasteiger partial charge in [-0.3, -0.25) is 0 Å². The molecule has 0 radical (unpaired) electrons. The predicted octanol–water partition coefficient (Wildman–Crippen LogP) is 0.173. The first kappa shape index (κ1) is 7.98. The Labute approximate surface area is 60.9 Å². The monoisotopic (exact) mass is 146 g/mol. The second kappa shape index (κ2) is 2.86. The minimum absolute atomic E-state index is 0.0903. The van der Waals surface area contributed by atoms with E-state index >= 15 is 0 Å². The molecule has 0 spiro atoms. The van der Waals surface area contributed by atoms with Gasteiger partial charge in [-0.2, -0.15) is 0 Å². The minimum Gasteiger partial charge on any atom is -0.385 e. The summed E-state index contributed by atoms with van der Waals surface area (Å²) in [5, 5.41) is 9.71. The smallest absolute Gasteiger partial charge is 0.116 e. The van der Waals surface area contributed by atoms with Gasteiger partial charge in [0.2, 0.25) is 0 Å². The first-order chi connectivity index (χ1) is 4.69. The minimum atomic E-state index is -0.741. The largest absolute Gasteiger partial charge is 0.385 e. The van der Waals surface area contributed by atoms with Crippen molar-refractivity contribution in [2.75, 3.05) is 20.3 Å². The summed E-state index contributed by atoms with van der Waals surface area (Å²) < 4.78 is 10.1. The molecule has 0 aliphatic carbocycles. The average molecular weight is 146 g/mol. The Morgan fingerprint density at radius 1 is 1.80 bits per heavy atom. The lowest BCUT2D eigenvalue weighted by atomic mass is 9.98. The van der Waals surface area contributed by atoms with E-state index < -0.39 is 5.60 Å². The molecular weight excluding hydrogens is 132 g/mol. The fourth-order valence-corrected chi connectivity index (χ4v) is 1.21. The van der Waals surface area contributed by atoms with E-state index in [2.05, 4.69) is 0 Å². The van der Waals surface area contributed by atoms with Crippen molar-refractivity contribution in [2.24, 2.45) is 0 Å². The molecule has 0 aromatic carbocycles. The summed E-state index contributed by atoms with van der Waals surface area (Å²) in [6.07, 6.45) is 0.592. The number of aliphatic hydroxyl groups is 1. The summed E-state index contributed by atoms with van der Waals surface area (Å²) in [4.78, 5) is 0. The van der Waals surface area contributed by atoms with Crippen LogP contribution in [0, 0.1) is 0 Å². The fraction of sp³-hybridized carbons (Fsp3) is 1.00. The first-order valence-corrected chi connectivity index (χ1v) is 3.52. The molecule has 0 saturated carbocycles. The van der Waals surface area contributed by atoms with Crippen molar-refractivity contribution in [2.45, 2.75) is 25.0 Å². The molecule has 0 aromatic heterocycles. The highest BCUT2D eigenvalue weighted by atomic mass is 16.5. The van der Waals surface area contributed by atoms with Crippen molar-refractivity contribution < 1.29 is 14.6 Å². The standard InChI is InChI=1S/C7H14O3/c1-6-7(8,5-9-2)3-4-10-6/h6,8H,3-5H2,1-2H3. The second-order valence-electron chi connectivity index (χ2n) is 2.80. The Hall–Kier alpha value is -0.120. The Morgan fingerprint density at radius 3 is 2.90 bits per heavy atom. The van der Waals surface area contributed by atoms with Gasteiger partial charge in [0.25, 0.3) is 0 Å². The molecule has 10 heavy (non-hydrogen) atoms. The molecule has 0 amide bonds. The van der Waals surface area contributed by atoms with Gasteiger partial charge >= 0.3 is 0 Å². The summed E-state index contributed by atoms with van der Waals surface area (Å²) in [5.41, 5.74) is -0.741. The van der Waals surface area contributed by atoms with Crippen LogP contribution in [0.1, 0.15) is 13.3 Å². The van der Waals surface area contributed by atoms with Crippen molar-refractivity contribution in [1.82, 2.24) is 0 Å². The van der Waals surface area contributed by atoms with Gasteiger partial charge in [0.15, 0.2) is 0 Å². The maximum Gasteiger partial charge on any atom is 0.116 e. The van der Waals surface area contributed by atoms with Crippen LogP contribution in [0.5, 0.6) is 0 Å². The zero-order valence-corrected chi connectivity index (χ0v) is 6.46. The van der Waals surface area contributed by atoms with Crippen molar-refractivity contribution in [3.05, 3.63) is 0 Å². The van der Waals surface area contributed by atoms with Gasteiger partial charge < -0.3 is 14.6 Å². The average Bonchev–Trinajstić information content (AvgIpc) is 2.15. The molecule has 1 aliphatic rings. The number of methoxy groups -OCH3 is 1. The molecule has 0 aromatic rings. The highest BCUT2D eigenvalue weighted by Gasteiger charge is 2.39. The lowest BCUT2D eigenvalue weighted by molar-refractivity contribution is -0.0724. The zero-order chi connectivity index (χ0) is 7.61. The van der Waals surface area contributed by atoms with Crippen molar-refractivity contribution in [3.63, 3.8) is 0 Å². The first-order valence-electron chi connectivity index (χ1n) is 3.52. The molecule has 1 saturated heterocycles. The molecule has 1 N–H and O–H groups in total. The van der Waals surface area contributed by atoms with Gasteiger partial charge in [-0.25, -0.2) is 0 Å². The number of hydrogen-bond donors (Lipinski definition) is 1. The molecule has 60 valence electrons. The second-order valence-corrected chi connectivity index (χ2v) is 2.80. The van der Waals surface area contributed by atoms with E-state index in [0.717, 1.165) is 0 Å². The molecular formula is C7H14O3. The zero-order valence-electron chi connectivity index (χ0n) is 6.46. The van der Waals surface area contributed by atoms with E-state index in [1.54, 1.807) is 7.11 Å². The Kier molecular flexibility index (Phi) is 2.28. The molecule has 3 heteroatoms. The summed E-state index contributed by atoms with van der Waals surface area (Å²) >= 11 is 0. The van der Waals surface area contributed by atoms with Crippen molar-refractivity contribution in [3.8, 4) is 0 Å². The van der Waals surface area contributed by atoms with E-state index in [4.69, 9.17) is 9.47 Å². The van der Waals surface area contributed by atoms with Crippen LogP contribution in [0.15, 0.2) is 0 Å². The van der Waals surface area contributed by atoms with E-state index in [1.165, 1.54) is 0 Å². The Balaban J connectivity index is 2.48. The maximum absolute atomic E-state index is 9.71. The van der Waals surface area contributed by atoms with Gasteiger partial charge in [-0.1, -0.05) is 0 Å². The quantitative estimate of drug-likeness (QED) is 0.603. The van der Waals surface area contributed by atoms with Gasteiger partial charge in [0.1, 0.15) is 5.60 Å². The topological polar surface area (TPSA) is 38.7 Å². The molecule has 1 aliphatic heterocycles. The van der Waals surface area contributed by atoms with Crippen LogP contribution in [0.4, 0.5) is 0 Å². The van der Waals surface area contributed by atoms with E-state index in [0.29, 0.717) is 19.6 Å². The van der Waals surface area contributed by atoms with Gasteiger partial charge in [-0.05, 0) is 6.92 Å². The highest BCUT2D eigenvalue weighted by Crippen LogP contribution is 2.25. The summed E-state index contributed by atoms with van der Waals surface area (Å²) in [5.74, 6) is 0. The third kappa shape index (κ3) is 1.31.